The monoisotopic (exact) mass is 266 g/mol. The molecule has 1 radical (unpaired) electrons. The summed E-state index contributed by atoms with van der Waals surface area (Å²) in [5.74, 6) is 0. The highest BCUT2D eigenvalue weighted by atomic mass is 79.9. The molecule has 1 aromatic carbocycles. The van der Waals surface area contributed by atoms with Crippen LogP contribution in [-0.2, 0) is 0 Å². The zero-order valence-corrected chi connectivity index (χ0v) is 10.6. The smallest absolute Gasteiger partial charge is 0.251 e. The third kappa shape index (κ3) is 1.84. The van der Waals surface area contributed by atoms with E-state index in [0.717, 1.165) is 27.6 Å². The number of hydrogen-bond acceptors (Lipinski definition) is 1. The lowest BCUT2D eigenvalue weighted by atomic mass is 10.0. The van der Waals surface area contributed by atoms with Gasteiger partial charge in [0.05, 0.1) is 5.52 Å². The van der Waals surface area contributed by atoms with Crippen molar-refractivity contribution >= 4 is 27.9 Å². The third-order valence-corrected chi connectivity index (χ3v) is 2.82. The first kappa shape index (κ1) is 12.0. The average molecular weight is 267 g/mol. The van der Waals surface area contributed by atoms with Gasteiger partial charge in [-0.15, -0.1) is 0 Å². The van der Waals surface area contributed by atoms with Gasteiger partial charge in [-0.2, -0.15) is 0 Å². The summed E-state index contributed by atoms with van der Waals surface area (Å²) in [6.45, 7) is 5.86. The summed E-state index contributed by atoms with van der Waals surface area (Å²) in [5.41, 5.74) is 3.98. The fraction of sp³-hybridized carbons (Fsp3) is 0.250. The summed E-state index contributed by atoms with van der Waals surface area (Å²) in [6, 6.07) is 6.07. The molecule has 2 rings (SSSR count). The Labute approximate surface area is 99.1 Å². The lowest BCUT2D eigenvalue weighted by Gasteiger charge is -2.06. The molecule has 0 spiro atoms. The minimum Gasteiger partial charge on any atom is -0.321 e. The number of pyridine rings is 1. The Balaban J connectivity index is 0.00000112. The summed E-state index contributed by atoms with van der Waals surface area (Å²) < 4.78 is 0. The van der Waals surface area contributed by atoms with E-state index >= 15 is 0 Å². The van der Waals surface area contributed by atoms with Crippen LogP contribution in [-0.4, -0.2) is 4.98 Å². The van der Waals surface area contributed by atoms with Crippen molar-refractivity contribution < 1.29 is 0 Å². The number of aromatic amines is 1. The highest BCUT2D eigenvalue weighted by molar-refractivity contribution is 8.93. The molecule has 0 amide bonds. The number of halogens is 1. The minimum absolute atomic E-state index is 0. The second kappa shape index (κ2) is 4.19. The molecule has 3 heteroatoms. The Hall–Kier alpha value is -1.09. The summed E-state index contributed by atoms with van der Waals surface area (Å²) in [4.78, 5) is 14.5. The predicted octanol–water partition coefficient (Wildman–Crippen LogP) is 3.30. The van der Waals surface area contributed by atoms with E-state index in [1.54, 1.807) is 0 Å². The molecule has 0 aliphatic heterocycles. The quantitative estimate of drug-likeness (QED) is 0.780. The maximum Gasteiger partial charge on any atom is 0.251 e. The first-order chi connectivity index (χ1) is 6.61. The summed E-state index contributed by atoms with van der Waals surface area (Å²) in [6.07, 6.45) is 0. The van der Waals surface area contributed by atoms with Gasteiger partial charge in [0.25, 0.3) is 5.56 Å². The van der Waals surface area contributed by atoms with Crippen molar-refractivity contribution in [1.29, 1.82) is 0 Å². The molecule has 0 saturated carbocycles. The number of benzene rings is 1. The number of H-pyrrole nitrogens is 1. The van der Waals surface area contributed by atoms with Crippen LogP contribution >= 0.6 is 17.0 Å². The average Bonchev–Trinajstić information content (AvgIpc) is 2.17. The first-order valence-corrected chi connectivity index (χ1v) is 4.70. The molecule has 0 bridgehead atoms. The van der Waals surface area contributed by atoms with E-state index in [0.29, 0.717) is 0 Å². The molecule has 0 aliphatic carbocycles. The van der Waals surface area contributed by atoms with Gasteiger partial charge in [0.15, 0.2) is 0 Å². The number of para-hydroxylation sites is 1. The number of aromatic nitrogens is 1. The summed E-state index contributed by atoms with van der Waals surface area (Å²) in [5, 5.41) is 1.14. The van der Waals surface area contributed by atoms with Crippen LogP contribution in [0.5, 0.6) is 0 Å². The predicted molar refractivity (Wildman–Crippen MR) is 67.7 cm³/mol. The van der Waals surface area contributed by atoms with Gasteiger partial charge in [-0.1, -0.05) is 18.2 Å². The summed E-state index contributed by atoms with van der Waals surface area (Å²) in [7, 11) is 0. The molecule has 0 unspecified atom stereocenters. The van der Waals surface area contributed by atoms with Gasteiger partial charge in [0.1, 0.15) is 0 Å². The Morgan fingerprint density at radius 1 is 1.07 bits per heavy atom. The van der Waals surface area contributed by atoms with E-state index in [9.17, 15) is 4.79 Å². The molecule has 1 heterocycles. The van der Waals surface area contributed by atoms with Crippen molar-refractivity contribution in [1.82, 2.24) is 4.98 Å². The van der Waals surface area contributed by atoms with Crippen LogP contribution in [0.4, 0.5) is 0 Å². The van der Waals surface area contributed by atoms with E-state index < -0.39 is 0 Å². The zero-order valence-electron chi connectivity index (χ0n) is 9.02. The van der Waals surface area contributed by atoms with E-state index in [2.05, 4.69) is 4.98 Å². The molecule has 1 aromatic heterocycles. The highest BCUT2D eigenvalue weighted by Gasteiger charge is 2.05. The van der Waals surface area contributed by atoms with Gasteiger partial charge in [-0.05, 0) is 31.9 Å². The zero-order chi connectivity index (χ0) is 10.3. The lowest BCUT2D eigenvalue weighted by molar-refractivity contribution is 1.19. The van der Waals surface area contributed by atoms with E-state index in [-0.39, 0.29) is 22.5 Å². The van der Waals surface area contributed by atoms with Gasteiger partial charge in [0, 0.05) is 27.9 Å². The van der Waals surface area contributed by atoms with Crippen LogP contribution in [0.2, 0.25) is 0 Å². The van der Waals surface area contributed by atoms with Crippen molar-refractivity contribution in [2.45, 2.75) is 20.8 Å². The van der Waals surface area contributed by atoms with Gasteiger partial charge in [0.2, 0.25) is 0 Å². The molecule has 2 nitrogen and oxygen atoms in total. The van der Waals surface area contributed by atoms with Gasteiger partial charge in [-0.3, -0.25) is 4.79 Å². The maximum atomic E-state index is 11.6. The number of fused-ring (bicyclic) bond motifs is 1. The van der Waals surface area contributed by atoms with Crippen LogP contribution < -0.4 is 5.56 Å². The number of nitrogens with one attached hydrogen (secondary N) is 1. The molecule has 0 atom stereocenters. The van der Waals surface area contributed by atoms with Crippen molar-refractivity contribution in [3.8, 4) is 0 Å². The van der Waals surface area contributed by atoms with Gasteiger partial charge in [-0.25, -0.2) is 0 Å². The van der Waals surface area contributed by atoms with Crippen LogP contribution in [0, 0.1) is 20.8 Å². The van der Waals surface area contributed by atoms with Crippen LogP contribution in [0.1, 0.15) is 16.7 Å². The second-order valence-corrected chi connectivity index (χ2v) is 3.70. The maximum absolute atomic E-state index is 11.6. The molecule has 79 valence electrons. The summed E-state index contributed by atoms with van der Waals surface area (Å²) >= 11 is 0. The largest absolute Gasteiger partial charge is 0.321 e. The SMILES string of the molecule is Cc1c(C)c2cccc(C)c2[nH]c1=O.[Br]. The Morgan fingerprint density at radius 3 is 2.40 bits per heavy atom. The van der Waals surface area contributed by atoms with Gasteiger partial charge >= 0.3 is 0 Å². The molecule has 15 heavy (non-hydrogen) atoms. The molecular formula is C12H13BrNO. The Morgan fingerprint density at radius 2 is 1.73 bits per heavy atom. The van der Waals surface area contributed by atoms with Crippen molar-refractivity contribution in [2.24, 2.45) is 0 Å². The van der Waals surface area contributed by atoms with E-state index in [1.807, 2.05) is 39.0 Å². The fourth-order valence-corrected chi connectivity index (χ4v) is 1.73. The van der Waals surface area contributed by atoms with Crippen molar-refractivity contribution in [2.75, 3.05) is 0 Å². The van der Waals surface area contributed by atoms with E-state index in [4.69, 9.17) is 0 Å². The van der Waals surface area contributed by atoms with Crippen LogP contribution in [0.3, 0.4) is 0 Å². The van der Waals surface area contributed by atoms with Gasteiger partial charge < -0.3 is 4.98 Å². The number of rotatable bonds is 0. The highest BCUT2D eigenvalue weighted by Crippen LogP contribution is 2.19. The molecule has 1 N–H and O–H groups in total. The topological polar surface area (TPSA) is 32.9 Å². The molecule has 0 fully saturated rings. The second-order valence-electron chi connectivity index (χ2n) is 3.70. The number of aryl methyl sites for hydroxylation is 2. The Kier molecular flexibility index (Phi) is 3.35. The van der Waals surface area contributed by atoms with E-state index in [1.165, 1.54) is 0 Å². The van der Waals surface area contributed by atoms with Crippen LogP contribution in [0.25, 0.3) is 10.9 Å². The minimum atomic E-state index is 0. The molecule has 2 aromatic rings. The number of hydrogen-bond donors (Lipinski definition) is 1. The lowest BCUT2D eigenvalue weighted by Crippen LogP contribution is -2.11. The standard InChI is InChI=1S/C12H13NO.Br/c1-7-5-4-6-10-8(2)9(3)12(14)13-11(7)10;/h4-6H,1-3H3,(H,13,14);. The Bertz CT molecular complexity index is 557. The molecule has 0 saturated heterocycles. The third-order valence-electron chi connectivity index (χ3n) is 2.82. The van der Waals surface area contributed by atoms with Crippen molar-refractivity contribution in [3.05, 3.63) is 45.2 Å². The fourth-order valence-electron chi connectivity index (χ4n) is 1.73. The first-order valence-electron chi connectivity index (χ1n) is 4.70. The normalized spacial score (nSPS) is 10.1. The van der Waals surface area contributed by atoms with Crippen molar-refractivity contribution in [3.63, 3.8) is 0 Å². The van der Waals surface area contributed by atoms with Crippen LogP contribution in [0.15, 0.2) is 23.0 Å². The molecular weight excluding hydrogens is 254 g/mol. The molecule has 0 aliphatic rings.